The van der Waals surface area contributed by atoms with Gasteiger partial charge in [-0.1, -0.05) is 161 Å². The van der Waals surface area contributed by atoms with E-state index in [0.29, 0.717) is 5.92 Å². The van der Waals surface area contributed by atoms with Crippen molar-refractivity contribution < 1.29 is 4.42 Å². The molecule has 1 aromatic heterocycles. The molecule has 52 heavy (non-hydrogen) atoms. The predicted molar refractivity (Wildman–Crippen MR) is 221 cm³/mol. The van der Waals surface area contributed by atoms with Crippen LogP contribution in [0.4, 0.5) is 17.1 Å². The molecular weight excluding hydrogens is 631 g/mol. The summed E-state index contributed by atoms with van der Waals surface area (Å²) in [5, 5.41) is 4.94. The molecule has 0 N–H and O–H groups in total. The second-order valence-corrected chi connectivity index (χ2v) is 15.5. The van der Waals surface area contributed by atoms with Crippen LogP contribution in [-0.4, -0.2) is 0 Å². The van der Waals surface area contributed by atoms with Gasteiger partial charge in [0.15, 0.2) is 5.58 Å². The minimum absolute atomic E-state index is 0.0119. The van der Waals surface area contributed by atoms with E-state index >= 15 is 0 Å². The van der Waals surface area contributed by atoms with Crippen LogP contribution in [0.3, 0.4) is 0 Å². The Morgan fingerprint density at radius 2 is 1.19 bits per heavy atom. The molecule has 0 bridgehead atoms. The Morgan fingerprint density at radius 1 is 0.538 bits per heavy atom. The van der Waals surface area contributed by atoms with Gasteiger partial charge in [0.2, 0.25) is 0 Å². The van der Waals surface area contributed by atoms with Gasteiger partial charge < -0.3 is 9.32 Å². The molecule has 2 heteroatoms. The standard InChI is InChI=1S/C50H45NO/c1-50(2,3)37-31-32-45(43(33-37)35-19-8-5-9-20-35)51(46-29-16-27-42-40-24-11-13-30-47(40)52-49(42)46)44-28-12-10-23-39(44)41-26-15-22-36-21-14-25-38(48(36)41)34-17-6-4-7-18-34/h5,8-16,19-34H,4,6-7,17-18H2,1-3H3. The van der Waals surface area contributed by atoms with E-state index in [1.807, 2.05) is 0 Å². The summed E-state index contributed by atoms with van der Waals surface area (Å²) in [5.74, 6) is 0.584. The summed E-state index contributed by atoms with van der Waals surface area (Å²) in [5.41, 5.74) is 12.7. The van der Waals surface area contributed by atoms with E-state index in [0.717, 1.165) is 39.0 Å². The lowest BCUT2D eigenvalue weighted by molar-refractivity contribution is 0.445. The number of anilines is 3. The Labute approximate surface area is 307 Å². The molecule has 7 aromatic carbocycles. The molecule has 1 aliphatic carbocycles. The van der Waals surface area contributed by atoms with E-state index in [9.17, 15) is 0 Å². The van der Waals surface area contributed by atoms with Gasteiger partial charge in [0, 0.05) is 21.9 Å². The molecule has 1 aliphatic rings. The Hall–Kier alpha value is -5.60. The van der Waals surface area contributed by atoms with Crippen LogP contribution in [0.1, 0.15) is 69.9 Å². The molecule has 0 unspecified atom stereocenters. The second kappa shape index (κ2) is 13.2. The molecule has 1 saturated carbocycles. The molecule has 0 atom stereocenters. The summed E-state index contributed by atoms with van der Waals surface area (Å²) >= 11 is 0. The van der Waals surface area contributed by atoms with Gasteiger partial charge in [0.25, 0.3) is 0 Å². The maximum atomic E-state index is 6.80. The minimum atomic E-state index is -0.0119. The highest BCUT2D eigenvalue weighted by Gasteiger charge is 2.27. The number of hydrogen-bond acceptors (Lipinski definition) is 2. The minimum Gasteiger partial charge on any atom is -0.454 e. The molecule has 0 spiro atoms. The first kappa shape index (κ1) is 32.3. The van der Waals surface area contributed by atoms with E-state index in [2.05, 4.69) is 177 Å². The number of furan rings is 1. The van der Waals surface area contributed by atoms with Gasteiger partial charge in [-0.2, -0.15) is 0 Å². The summed E-state index contributed by atoms with van der Waals surface area (Å²) in [6, 6.07) is 55.7. The van der Waals surface area contributed by atoms with Crippen LogP contribution in [-0.2, 0) is 5.41 Å². The van der Waals surface area contributed by atoms with Gasteiger partial charge in [-0.05, 0) is 87.5 Å². The van der Waals surface area contributed by atoms with Crippen molar-refractivity contribution in [2.45, 2.75) is 64.2 Å². The van der Waals surface area contributed by atoms with Gasteiger partial charge in [-0.3, -0.25) is 0 Å². The van der Waals surface area contributed by atoms with Crippen LogP contribution in [0.2, 0.25) is 0 Å². The quantitative estimate of drug-likeness (QED) is 0.174. The fourth-order valence-electron chi connectivity index (χ4n) is 8.59. The third-order valence-corrected chi connectivity index (χ3v) is 11.2. The maximum absolute atomic E-state index is 6.80. The fourth-order valence-corrected chi connectivity index (χ4v) is 8.59. The van der Waals surface area contributed by atoms with Gasteiger partial charge in [-0.15, -0.1) is 0 Å². The monoisotopic (exact) mass is 675 g/mol. The fraction of sp³-hybridized carbons (Fsp3) is 0.200. The van der Waals surface area contributed by atoms with Gasteiger partial charge >= 0.3 is 0 Å². The highest BCUT2D eigenvalue weighted by Crippen LogP contribution is 2.50. The lowest BCUT2D eigenvalue weighted by Crippen LogP contribution is -2.15. The predicted octanol–water partition coefficient (Wildman–Crippen LogP) is 14.9. The number of para-hydroxylation sites is 3. The Kier molecular flexibility index (Phi) is 8.19. The summed E-state index contributed by atoms with van der Waals surface area (Å²) < 4.78 is 6.80. The number of fused-ring (bicyclic) bond motifs is 4. The number of hydrogen-bond donors (Lipinski definition) is 0. The Morgan fingerprint density at radius 3 is 2.02 bits per heavy atom. The van der Waals surface area contributed by atoms with Crippen molar-refractivity contribution >= 4 is 49.8 Å². The van der Waals surface area contributed by atoms with Crippen molar-refractivity contribution in [2.24, 2.45) is 0 Å². The molecule has 0 aliphatic heterocycles. The first-order valence-electron chi connectivity index (χ1n) is 19.0. The summed E-state index contributed by atoms with van der Waals surface area (Å²) in [6.07, 6.45) is 6.48. The number of rotatable bonds is 6. The second-order valence-electron chi connectivity index (χ2n) is 15.5. The van der Waals surface area contributed by atoms with Crippen molar-refractivity contribution in [3.05, 3.63) is 163 Å². The topological polar surface area (TPSA) is 16.4 Å². The molecule has 0 radical (unpaired) electrons. The van der Waals surface area contributed by atoms with Crippen molar-refractivity contribution in [1.29, 1.82) is 0 Å². The lowest BCUT2D eigenvalue weighted by Gasteiger charge is -2.31. The van der Waals surface area contributed by atoms with Crippen LogP contribution in [0, 0.1) is 0 Å². The average Bonchev–Trinajstić information content (AvgIpc) is 3.58. The van der Waals surface area contributed by atoms with Gasteiger partial charge in [-0.25, -0.2) is 0 Å². The molecule has 256 valence electrons. The molecule has 0 saturated heterocycles. The van der Waals surface area contributed by atoms with Crippen molar-refractivity contribution in [1.82, 2.24) is 0 Å². The molecule has 9 rings (SSSR count). The van der Waals surface area contributed by atoms with Crippen LogP contribution in [0.15, 0.2) is 156 Å². The first-order valence-corrected chi connectivity index (χ1v) is 19.0. The van der Waals surface area contributed by atoms with Crippen LogP contribution < -0.4 is 4.90 Å². The first-order chi connectivity index (χ1) is 25.5. The Balaban J connectivity index is 1.36. The third-order valence-electron chi connectivity index (χ3n) is 11.2. The zero-order chi connectivity index (χ0) is 35.2. The molecule has 8 aromatic rings. The zero-order valence-electron chi connectivity index (χ0n) is 30.4. The highest BCUT2D eigenvalue weighted by atomic mass is 16.3. The van der Waals surface area contributed by atoms with E-state index in [4.69, 9.17) is 4.42 Å². The van der Waals surface area contributed by atoms with E-state index in [1.165, 1.54) is 76.3 Å². The highest BCUT2D eigenvalue weighted by molar-refractivity contribution is 6.12. The molecule has 2 nitrogen and oxygen atoms in total. The molecule has 1 heterocycles. The average molecular weight is 676 g/mol. The smallest absolute Gasteiger partial charge is 0.159 e. The van der Waals surface area contributed by atoms with Crippen molar-refractivity contribution in [3.63, 3.8) is 0 Å². The van der Waals surface area contributed by atoms with E-state index in [-0.39, 0.29) is 5.41 Å². The molecular formula is C50H45NO. The van der Waals surface area contributed by atoms with Gasteiger partial charge in [0.05, 0.1) is 17.1 Å². The summed E-state index contributed by atoms with van der Waals surface area (Å²) in [4.78, 5) is 2.47. The normalized spacial score (nSPS) is 14.0. The lowest BCUT2D eigenvalue weighted by atomic mass is 9.80. The maximum Gasteiger partial charge on any atom is 0.159 e. The van der Waals surface area contributed by atoms with Crippen LogP contribution in [0.25, 0.3) is 55.0 Å². The molecule has 1 fully saturated rings. The van der Waals surface area contributed by atoms with E-state index < -0.39 is 0 Å². The zero-order valence-corrected chi connectivity index (χ0v) is 30.4. The molecule has 0 amide bonds. The summed E-state index contributed by atoms with van der Waals surface area (Å²) in [6.45, 7) is 6.89. The number of nitrogens with zero attached hydrogens (tertiary/aromatic N) is 1. The number of benzene rings is 7. The van der Waals surface area contributed by atoms with E-state index in [1.54, 1.807) is 0 Å². The SMILES string of the molecule is CC(C)(C)c1ccc(N(c2ccccc2-c2cccc3cccc(C4CCCCC4)c23)c2cccc3c2oc2ccccc23)c(-c2ccccc2)c1. The van der Waals surface area contributed by atoms with Crippen molar-refractivity contribution in [3.8, 4) is 22.3 Å². The van der Waals surface area contributed by atoms with Crippen molar-refractivity contribution in [2.75, 3.05) is 4.90 Å². The summed E-state index contributed by atoms with van der Waals surface area (Å²) in [7, 11) is 0. The van der Waals surface area contributed by atoms with Crippen LogP contribution in [0.5, 0.6) is 0 Å². The van der Waals surface area contributed by atoms with Gasteiger partial charge in [0.1, 0.15) is 5.58 Å². The Bertz CT molecular complexity index is 2540. The third kappa shape index (κ3) is 5.67. The van der Waals surface area contributed by atoms with Crippen LogP contribution >= 0.6 is 0 Å². The largest absolute Gasteiger partial charge is 0.454 e.